The lowest BCUT2D eigenvalue weighted by atomic mass is 10.2. The number of rotatable bonds is 5. The van der Waals surface area contributed by atoms with Crippen molar-refractivity contribution in [2.24, 2.45) is 5.73 Å². The summed E-state index contributed by atoms with van der Waals surface area (Å²) >= 11 is 3.45. The van der Waals surface area contributed by atoms with Crippen molar-refractivity contribution in [1.29, 1.82) is 0 Å². The Kier molecular flexibility index (Phi) is 4.04. The van der Waals surface area contributed by atoms with Crippen molar-refractivity contribution in [3.63, 3.8) is 0 Å². The van der Waals surface area contributed by atoms with Crippen LogP contribution in [-0.4, -0.2) is 10.2 Å². The Hall–Kier alpha value is -0.780. The Morgan fingerprint density at radius 2 is 2.25 bits per heavy atom. The van der Waals surface area contributed by atoms with Gasteiger partial charge in [0.15, 0.2) is 0 Å². The summed E-state index contributed by atoms with van der Waals surface area (Å²) in [6.45, 7) is 1.94. The third-order valence-corrected chi connectivity index (χ3v) is 4.39. The van der Waals surface area contributed by atoms with E-state index >= 15 is 0 Å². The van der Waals surface area contributed by atoms with Gasteiger partial charge in [-0.3, -0.25) is 0 Å². The van der Waals surface area contributed by atoms with Crippen molar-refractivity contribution in [3.8, 4) is 0 Å². The zero-order valence-electron chi connectivity index (χ0n) is 9.22. The van der Waals surface area contributed by atoms with Gasteiger partial charge in [0.05, 0.1) is 6.04 Å². The molecule has 0 amide bonds. The summed E-state index contributed by atoms with van der Waals surface area (Å²) in [5, 5.41) is 12.4. The Morgan fingerprint density at radius 3 is 2.88 bits per heavy atom. The monoisotopic (exact) mass is 253 g/mol. The lowest BCUT2D eigenvalue weighted by Crippen LogP contribution is -2.03. The molecule has 1 atom stereocenters. The minimum Gasteiger partial charge on any atom is -0.322 e. The van der Waals surface area contributed by atoms with Gasteiger partial charge in [0.2, 0.25) is 0 Å². The van der Waals surface area contributed by atoms with Gasteiger partial charge in [-0.1, -0.05) is 17.4 Å². The maximum absolute atomic E-state index is 5.74. The molecular formula is C11H15N3S2. The minimum atomic E-state index is 0.00328. The Labute approximate surface area is 103 Å². The summed E-state index contributed by atoms with van der Waals surface area (Å²) in [7, 11) is 0. The Bertz CT molecular complexity index is 420. The molecule has 2 aromatic rings. The van der Waals surface area contributed by atoms with E-state index in [2.05, 4.69) is 27.7 Å². The van der Waals surface area contributed by atoms with Crippen molar-refractivity contribution in [1.82, 2.24) is 10.2 Å². The van der Waals surface area contributed by atoms with Crippen molar-refractivity contribution in [2.75, 3.05) is 0 Å². The van der Waals surface area contributed by atoms with Crippen LogP contribution in [-0.2, 0) is 12.8 Å². The van der Waals surface area contributed by atoms with Crippen molar-refractivity contribution < 1.29 is 0 Å². The van der Waals surface area contributed by atoms with Gasteiger partial charge in [0, 0.05) is 11.3 Å². The molecule has 0 aromatic carbocycles. The van der Waals surface area contributed by atoms with Gasteiger partial charge in [-0.15, -0.1) is 21.5 Å². The molecule has 0 saturated carbocycles. The first-order valence-electron chi connectivity index (χ1n) is 5.36. The van der Waals surface area contributed by atoms with E-state index in [-0.39, 0.29) is 6.04 Å². The summed E-state index contributed by atoms with van der Waals surface area (Å²) < 4.78 is 0. The van der Waals surface area contributed by atoms with E-state index in [0.717, 1.165) is 29.3 Å². The van der Waals surface area contributed by atoms with Crippen molar-refractivity contribution in [2.45, 2.75) is 32.2 Å². The topological polar surface area (TPSA) is 51.8 Å². The summed E-state index contributed by atoms with van der Waals surface area (Å²) in [6.07, 6.45) is 3.27. The highest BCUT2D eigenvalue weighted by Gasteiger charge is 2.07. The average molecular weight is 253 g/mol. The molecule has 0 bridgehead atoms. The van der Waals surface area contributed by atoms with E-state index in [1.165, 1.54) is 4.88 Å². The zero-order valence-corrected chi connectivity index (χ0v) is 10.9. The lowest BCUT2D eigenvalue weighted by molar-refractivity contribution is 0.770. The molecular weight excluding hydrogens is 238 g/mol. The van der Waals surface area contributed by atoms with Crippen LogP contribution in [0.5, 0.6) is 0 Å². The molecule has 2 heterocycles. The highest BCUT2D eigenvalue weighted by molar-refractivity contribution is 7.11. The molecule has 1 unspecified atom stereocenters. The highest BCUT2D eigenvalue weighted by atomic mass is 32.1. The summed E-state index contributed by atoms with van der Waals surface area (Å²) in [5.74, 6) is 0. The number of thiophene rings is 1. The number of hydrogen-bond donors (Lipinski definition) is 1. The van der Waals surface area contributed by atoms with Crippen LogP contribution in [0.25, 0.3) is 0 Å². The third kappa shape index (κ3) is 3.10. The molecule has 86 valence electrons. The zero-order chi connectivity index (χ0) is 11.4. The van der Waals surface area contributed by atoms with E-state index < -0.39 is 0 Å². The molecule has 2 N–H and O–H groups in total. The van der Waals surface area contributed by atoms with Gasteiger partial charge in [-0.2, -0.15) is 0 Å². The number of aromatic nitrogens is 2. The first-order valence-corrected chi connectivity index (χ1v) is 7.05. The van der Waals surface area contributed by atoms with Crippen LogP contribution in [0.4, 0.5) is 0 Å². The molecule has 5 heteroatoms. The fraction of sp³-hybridized carbons (Fsp3) is 0.455. The van der Waals surface area contributed by atoms with Crippen LogP contribution in [0.15, 0.2) is 17.5 Å². The molecule has 0 aliphatic rings. The van der Waals surface area contributed by atoms with Gasteiger partial charge < -0.3 is 5.73 Å². The van der Waals surface area contributed by atoms with Crippen LogP contribution in [0.3, 0.4) is 0 Å². The summed E-state index contributed by atoms with van der Waals surface area (Å²) in [5.41, 5.74) is 5.74. The van der Waals surface area contributed by atoms with E-state index in [0.29, 0.717) is 0 Å². The highest BCUT2D eigenvalue weighted by Crippen LogP contribution is 2.18. The second-order valence-corrected chi connectivity index (χ2v) is 5.88. The fourth-order valence-electron chi connectivity index (χ4n) is 1.42. The quantitative estimate of drug-likeness (QED) is 0.891. The molecule has 0 aliphatic carbocycles. The maximum Gasteiger partial charge on any atom is 0.133 e. The minimum absolute atomic E-state index is 0.00328. The molecule has 3 nitrogen and oxygen atoms in total. The molecule has 16 heavy (non-hydrogen) atoms. The SMILES string of the molecule is CC(N)c1nnc(CCCc2cccs2)s1. The van der Waals surface area contributed by atoms with E-state index in [1.54, 1.807) is 11.3 Å². The Balaban J connectivity index is 1.81. The lowest BCUT2D eigenvalue weighted by Gasteiger charge is -1.96. The van der Waals surface area contributed by atoms with E-state index in [9.17, 15) is 0 Å². The average Bonchev–Trinajstić information content (AvgIpc) is 2.87. The van der Waals surface area contributed by atoms with Crippen molar-refractivity contribution >= 4 is 22.7 Å². The number of hydrogen-bond acceptors (Lipinski definition) is 5. The Morgan fingerprint density at radius 1 is 1.38 bits per heavy atom. The summed E-state index contributed by atoms with van der Waals surface area (Å²) in [4.78, 5) is 1.44. The first kappa shape index (κ1) is 11.7. The number of nitrogens with two attached hydrogens (primary N) is 1. The largest absolute Gasteiger partial charge is 0.322 e. The predicted molar refractivity (Wildman–Crippen MR) is 68.9 cm³/mol. The summed E-state index contributed by atoms with van der Waals surface area (Å²) in [6, 6.07) is 4.28. The molecule has 0 aliphatic heterocycles. The smallest absolute Gasteiger partial charge is 0.133 e. The van der Waals surface area contributed by atoms with E-state index in [4.69, 9.17) is 5.73 Å². The number of aryl methyl sites for hydroxylation is 2. The first-order chi connectivity index (χ1) is 7.75. The standard InChI is InChI=1S/C11H15N3S2/c1-8(12)11-14-13-10(16-11)6-2-4-9-5-3-7-15-9/h3,5,7-8H,2,4,6,12H2,1H3. The number of nitrogens with zero attached hydrogens (tertiary/aromatic N) is 2. The molecule has 0 saturated heterocycles. The fourth-order valence-corrected chi connectivity index (χ4v) is 3.01. The maximum atomic E-state index is 5.74. The molecule has 0 fully saturated rings. The van der Waals surface area contributed by atoms with Gasteiger partial charge in [-0.05, 0) is 31.2 Å². The van der Waals surface area contributed by atoms with Gasteiger partial charge in [0.1, 0.15) is 10.0 Å². The predicted octanol–water partition coefficient (Wildman–Crippen LogP) is 2.79. The van der Waals surface area contributed by atoms with Gasteiger partial charge in [0.25, 0.3) is 0 Å². The van der Waals surface area contributed by atoms with Crippen molar-refractivity contribution in [3.05, 3.63) is 32.4 Å². The van der Waals surface area contributed by atoms with E-state index in [1.807, 2.05) is 18.3 Å². The molecule has 0 spiro atoms. The molecule has 2 aromatic heterocycles. The molecule has 2 rings (SSSR count). The van der Waals surface area contributed by atoms with Crippen LogP contribution < -0.4 is 5.73 Å². The third-order valence-electron chi connectivity index (χ3n) is 2.27. The van der Waals surface area contributed by atoms with Crippen LogP contribution in [0.1, 0.15) is 34.3 Å². The normalized spacial score (nSPS) is 12.9. The van der Waals surface area contributed by atoms with Crippen LogP contribution >= 0.6 is 22.7 Å². The van der Waals surface area contributed by atoms with Crippen LogP contribution in [0, 0.1) is 0 Å². The molecule has 0 radical (unpaired) electrons. The second-order valence-electron chi connectivity index (χ2n) is 3.76. The van der Waals surface area contributed by atoms with Gasteiger partial charge >= 0.3 is 0 Å². The van der Waals surface area contributed by atoms with Gasteiger partial charge in [-0.25, -0.2) is 0 Å². The van der Waals surface area contributed by atoms with Crippen LogP contribution in [0.2, 0.25) is 0 Å². The second kappa shape index (κ2) is 5.52.